The molecule has 3 aromatic heterocycles. The summed E-state index contributed by atoms with van der Waals surface area (Å²) in [5.74, 6) is -0.0846. The fourth-order valence-electron chi connectivity index (χ4n) is 2.19. The number of nitrogens with two attached hydrogens (primary N) is 2. The number of fused-ring (bicyclic) bond motifs is 1. The average Bonchev–Trinajstić information content (AvgIpc) is 3.14. The van der Waals surface area contributed by atoms with E-state index in [9.17, 15) is 10.1 Å². The molecule has 0 saturated heterocycles. The van der Waals surface area contributed by atoms with Gasteiger partial charge < -0.3 is 20.6 Å². The van der Waals surface area contributed by atoms with E-state index in [1.54, 1.807) is 12.1 Å². The minimum Gasteiger partial charge on any atom is -0.465 e. The number of rotatable bonds is 2. The van der Waals surface area contributed by atoms with Crippen molar-refractivity contribution in [1.82, 2.24) is 4.98 Å². The Morgan fingerprint density at radius 2 is 2.27 bits per heavy atom. The minimum atomic E-state index is -0.567. The van der Waals surface area contributed by atoms with Gasteiger partial charge in [0.15, 0.2) is 0 Å². The Bertz CT molecular complexity index is 922. The van der Waals surface area contributed by atoms with Gasteiger partial charge in [-0.05, 0) is 12.1 Å². The lowest BCUT2D eigenvalue weighted by Gasteiger charge is -2.06. The van der Waals surface area contributed by atoms with E-state index in [0.29, 0.717) is 21.5 Å². The molecule has 0 fully saturated rings. The molecule has 0 bridgehead atoms. The van der Waals surface area contributed by atoms with E-state index in [1.165, 1.54) is 13.4 Å². The maximum atomic E-state index is 11.8. The monoisotopic (exact) mass is 314 g/mol. The van der Waals surface area contributed by atoms with Crippen LogP contribution in [0, 0.1) is 11.3 Å². The topological polar surface area (TPSA) is 128 Å². The molecule has 0 saturated carbocycles. The molecule has 3 aromatic rings. The molecular weight excluding hydrogens is 304 g/mol. The zero-order valence-electron chi connectivity index (χ0n) is 11.4. The Labute approximate surface area is 128 Å². The number of carbonyl (C=O) groups is 1. The molecule has 4 N–H and O–H groups in total. The van der Waals surface area contributed by atoms with E-state index in [1.807, 2.05) is 6.07 Å². The lowest BCUT2D eigenvalue weighted by atomic mass is 10.0. The molecule has 0 aliphatic carbocycles. The van der Waals surface area contributed by atoms with Gasteiger partial charge in [0.05, 0.1) is 24.6 Å². The van der Waals surface area contributed by atoms with Crippen LogP contribution in [-0.4, -0.2) is 18.1 Å². The number of nitriles is 1. The van der Waals surface area contributed by atoms with Crippen molar-refractivity contribution in [2.24, 2.45) is 0 Å². The molecule has 0 atom stereocenters. The maximum absolute atomic E-state index is 11.8. The molecule has 7 nitrogen and oxygen atoms in total. The van der Waals surface area contributed by atoms with Gasteiger partial charge in [0, 0.05) is 5.39 Å². The number of esters is 1. The van der Waals surface area contributed by atoms with E-state index in [2.05, 4.69) is 4.98 Å². The number of thiophene rings is 1. The van der Waals surface area contributed by atoms with Crippen LogP contribution in [0.1, 0.15) is 15.2 Å². The second-order valence-electron chi connectivity index (χ2n) is 4.35. The van der Waals surface area contributed by atoms with Crippen LogP contribution in [-0.2, 0) is 4.74 Å². The Morgan fingerprint density at radius 3 is 2.86 bits per heavy atom. The molecule has 0 unspecified atom stereocenters. The van der Waals surface area contributed by atoms with Crippen molar-refractivity contribution in [2.75, 3.05) is 18.6 Å². The molecule has 0 amide bonds. The number of carbonyl (C=O) groups excluding carboxylic acids is 1. The number of ether oxygens (including phenoxy) is 1. The number of methoxy groups -OCH3 is 1. The summed E-state index contributed by atoms with van der Waals surface area (Å²) in [6.07, 6.45) is 1.47. The maximum Gasteiger partial charge on any atom is 0.350 e. The van der Waals surface area contributed by atoms with Crippen molar-refractivity contribution >= 4 is 39.0 Å². The highest BCUT2D eigenvalue weighted by Crippen LogP contribution is 2.42. The van der Waals surface area contributed by atoms with Crippen molar-refractivity contribution < 1.29 is 13.9 Å². The van der Waals surface area contributed by atoms with Crippen LogP contribution in [0.3, 0.4) is 0 Å². The summed E-state index contributed by atoms with van der Waals surface area (Å²) in [7, 11) is 1.27. The molecule has 0 aromatic carbocycles. The van der Waals surface area contributed by atoms with Gasteiger partial charge >= 0.3 is 5.97 Å². The summed E-state index contributed by atoms with van der Waals surface area (Å²) in [6, 6.07) is 5.38. The van der Waals surface area contributed by atoms with Gasteiger partial charge in [-0.1, -0.05) is 0 Å². The van der Waals surface area contributed by atoms with Gasteiger partial charge in [-0.2, -0.15) is 5.26 Å². The van der Waals surface area contributed by atoms with Crippen LogP contribution in [0.15, 0.2) is 22.8 Å². The predicted molar refractivity (Wildman–Crippen MR) is 82.2 cm³/mol. The lowest BCUT2D eigenvalue weighted by Crippen LogP contribution is -2.02. The number of hydrogen-bond acceptors (Lipinski definition) is 8. The summed E-state index contributed by atoms with van der Waals surface area (Å²) in [5.41, 5.74) is 12.7. The summed E-state index contributed by atoms with van der Waals surface area (Å²) in [4.78, 5) is 16.6. The molecule has 3 heterocycles. The van der Waals surface area contributed by atoms with E-state index >= 15 is 0 Å². The highest BCUT2D eigenvalue weighted by molar-refractivity contribution is 7.21. The summed E-state index contributed by atoms with van der Waals surface area (Å²) < 4.78 is 10.1. The van der Waals surface area contributed by atoms with E-state index in [0.717, 1.165) is 11.3 Å². The van der Waals surface area contributed by atoms with E-state index < -0.39 is 5.97 Å². The van der Waals surface area contributed by atoms with Gasteiger partial charge in [0.1, 0.15) is 32.9 Å². The van der Waals surface area contributed by atoms with Gasteiger partial charge in [-0.3, -0.25) is 0 Å². The molecule has 0 aliphatic rings. The first-order valence-corrected chi connectivity index (χ1v) is 6.93. The number of anilines is 2. The van der Waals surface area contributed by atoms with Crippen LogP contribution in [0.5, 0.6) is 0 Å². The lowest BCUT2D eigenvalue weighted by molar-refractivity contribution is 0.0607. The third kappa shape index (κ3) is 1.88. The number of nitrogen functional groups attached to an aromatic ring is 2. The zero-order valence-corrected chi connectivity index (χ0v) is 12.2. The van der Waals surface area contributed by atoms with Crippen LogP contribution in [0.2, 0.25) is 0 Å². The van der Waals surface area contributed by atoms with Gasteiger partial charge in [0.2, 0.25) is 0 Å². The molecule has 8 heteroatoms. The molecule has 3 rings (SSSR count). The third-order valence-corrected chi connectivity index (χ3v) is 4.23. The summed E-state index contributed by atoms with van der Waals surface area (Å²) in [5, 5.41) is 9.83. The molecule has 0 aliphatic heterocycles. The predicted octanol–water partition coefficient (Wildman–Crippen LogP) is 2.38. The van der Waals surface area contributed by atoms with E-state index in [4.69, 9.17) is 20.6 Å². The van der Waals surface area contributed by atoms with Crippen molar-refractivity contribution in [3.63, 3.8) is 0 Å². The Kier molecular flexibility index (Phi) is 3.19. The van der Waals surface area contributed by atoms with Gasteiger partial charge in [0.25, 0.3) is 0 Å². The first kappa shape index (κ1) is 13.9. The first-order valence-electron chi connectivity index (χ1n) is 6.12. The number of hydrogen-bond donors (Lipinski definition) is 2. The summed E-state index contributed by atoms with van der Waals surface area (Å²) in [6.45, 7) is 0. The standard InChI is InChI=1S/C14H10N4O3S/c1-20-14(19)11-10(16)9-8(7-3-2-4-21-7)6(5-15)12(17)18-13(9)22-11/h2-4H,16H2,1H3,(H2,17,18). The van der Waals surface area contributed by atoms with Crippen molar-refractivity contribution in [3.8, 4) is 17.4 Å². The zero-order chi connectivity index (χ0) is 15.9. The highest BCUT2D eigenvalue weighted by atomic mass is 32.1. The largest absolute Gasteiger partial charge is 0.465 e. The van der Waals surface area contributed by atoms with Crippen LogP contribution in [0.4, 0.5) is 11.5 Å². The minimum absolute atomic E-state index is 0.0547. The highest BCUT2D eigenvalue weighted by Gasteiger charge is 2.25. The summed E-state index contributed by atoms with van der Waals surface area (Å²) >= 11 is 1.06. The molecule has 110 valence electrons. The van der Waals surface area contributed by atoms with Crippen LogP contribution in [0.25, 0.3) is 21.5 Å². The number of furan rings is 1. The first-order chi connectivity index (χ1) is 10.6. The number of aromatic nitrogens is 1. The van der Waals surface area contributed by atoms with Gasteiger partial charge in [-0.15, -0.1) is 11.3 Å². The van der Waals surface area contributed by atoms with Crippen LogP contribution < -0.4 is 11.5 Å². The third-order valence-electron chi connectivity index (χ3n) is 3.15. The number of pyridine rings is 1. The van der Waals surface area contributed by atoms with Gasteiger partial charge in [-0.25, -0.2) is 9.78 Å². The second kappa shape index (κ2) is 5.05. The Hall–Kier alpha value is -3.05. The van der Waals surface area contributed by atoms with Crippen molar-refractivity contribution in [2.45, 2.75) is 0 Å². The van der Waals surface area contributed by atoms with Crippen molar-refractivity contribution in [1.29, 1.82) is 5.26 Å². The Morgan fingerprint density at radius 1 is 1.50 bits per heavy atom. The normalized spacial score (nSPS) is 10.5. The molecular formula is C14H10N4O3S. The SMILES string of the molecule is COC(=O)c1sc2nc(N)c(C#N)c(-c3ccco3)c2c1N. The molecule has 0 radical (unpaired) electrons. The van der Waals surface area contributed by atoms with E-state index in [-0.39, 0.29) is 21.9 Å². The molecule has 0 spiro atoms. The fraction of sp³-hybridized carbons (Fsp3) is 0.0714. The Balaban J connectivity index is 2.47. The van der Waals surface area contributed by atoms with Crippen LogP contribution >= 0.6 is 11.3 Å². The molecule has 22 heavy (non-hydrogen) atoms. The quantitative estimate of drug-likeness (QED) is 0.695. The number of nitrogens with zero attached hydrogens (tertiary/aromatic N) is 2. The average molecular weight is 314 g/mol. The van der Waals surface area contributed by atoms with Crippen molar-refractivity contribution in [3.05, 3.63) is 28.8 Å². The fourth-order valence-corrected chi connectivity index (χ4v) is 3.22. The smallest absolute Gasteiger partial charge is 0.350 e. The second-order valence-corrected chi connectivity index (χ2v) is 5.35.